The number of anilines is 2. The topological polar surface area (TPSA) is 90.1 Å². The molecule has 1 aromatic carbocycles. The fraction of sp³-hybridized carbons (Fsp3) is 0.478. The molecule has 0 radical (unpaired) electrons. The summed E-state index contributed by atoms with van der Waals surface area (Å²) in [4.78, 5) is 15.0. The summed E-state index contributed by atoms with van der Waals surface area (Å²) in [6.07, 6.45) is 6.42. The molecule has 0 atom stereocenters. The maximum atomic E-state index is 12.8. The minimum absolute atomic E-state index is 0.0768. The quantitative estimate of drug-likeness (QED) is 0.532. The highest BCUT2D eigenvalue weighted by Gasteiger charge is 2.24. The average Bonchev–Trinajstić information content (AvgIpc) is 3.59. The highest BCUT2D eigenvalue weighted by Crippen LogP contribution is 2.32. The molecule has 9 nitrogen and oxygen atoms in total. The molecule has 0 spiro atoms. The van der Waals surface area contributed by atoms with Gasteiger partial charge in [0.25, 0.3) is 0 Å². The van der Waals surface area contributed by atoms with Crippen LogP contribution >= 0.6 is 11.8 Å². The van der Waals surface area contributed by atoms with Gasteiger partial charge in [-0.05, 0) is 31.4 Å². The Morgan fingerprint density at radius 2 is 1.94 bits per heavy atom. The molecule has 3 heterocycles. The number of nitrogens with one attached hydrogen (secondary N) is 1. The molecular formula is C23H29N7O2S. The molecule has 1 saturated carbocycles. The van der Waals surface area contributed by atoms with E-state index in [4.69, 9.17) is 4.74 Å². The van der Waals surface area contributed by atoms with Crippen LogP contribution in [0.3, 0.4) is 0 Å². The van der Waals surface area contributed by atoms with Gasteiger partial charge in [-0.1, -0.05) is 42.8 Å². The zero-order chi connectivity index (χ0) is 22.6. The summed E-state index contributed by atoms with van der Waals surface area (Å²) in [6, 6.07) is 10.4. The number of rotatable bonds is 7. The van der Waals surface area contributed by atoms with E-state index in [0.29, 0.717) is 24.4 Å². The van der Waals surface area contributed by atoms with E-state index in [2.05, 4.69) is 49.1 Å². The van der Waals surface area contributed by atoms with E-state index in [9.17, 15) is 4.79 Å². The molecule has 1 aliphatic heterocycles. The molecule has 3 aromatic rings. The summed E-state index contributed by atoms with van der Waals surface area (Å²) in [5, 5.41) is 17.1. The van der Waals surface area contributed by atoms with Crippen molar-refractivity contribution in [3.8, 4) is 5.69 Å². The lowest BCUT2D eigenvalue weighted by molar-refractivity contribution is -0.113. The number of hydrogen-bond acceptors (Lipinski definition) is 7. The Labute approximate surface area is 197 Å². The van der Waals surface area contributed by atoms with Crippen molar-refractivity contribution in [2.45, 2.75) is 43.8 Å². The molecule has 1 saturated heterocycles. The number of thioether (sulfide) groups is 1. The van der Waals surface area contributed by atoms with Crippen molar-refractivity contribution in [1.29, 1.82) is 0 Å². The van der Waals surface area contributed by atoms with Gasteiger partial charge in [-0.15, -0.1) is 10.2 Å². The number of benzene rings is 1. The van der Waals surface area contributed by atoms with Gasteiger partial charge in [0.15, 0.2) is 5.16 Å². The lowest BCUT2D eigenvalue weighted by atomic mass is 10.2. The molecule has 2 aliphatic rings. The molecule has 10 heteroatoms. The first kappa shape index (κ1) is 22.0. The van der Waals surface area contributed by atoms with Gasteiger partial charge in [-0.25, -0.2) is 4.68 Å². The van der Waals surface area contributed by atoms with Gasteiger partial charge < -0.3 is 15.0 Å². The number of aryl methyl sites for hydroxylation is 1. The molecule has 1 N–H and O–H groups in total. The van der Waals surface area contributed by atoms with Crippen LogP contribution in [0.4, 0.5) is 11.8 Å². The summed E-state index contributed by atoms with van der Waals surface area (Å²) >= 11 is 1.39. The third-order valence-corrected chi connectivity index (χ3v) is 7.14. The first-order valence-corrected chi connectivity index (χ1v) is 12.5. The number of ether oxygens (including phenoxy) is 1. The number of amides is 1. The van der Waals surface area contributed by atoms with Crippen molar-refractivity contribution < 1.29 is 9.53 Å². The summed E-state index contributed by atoms with van der Waals surface area (Å²) in [7, 11) is 0. The second kappa shape index (κ2) is 9.96. The number of aromatic nitrogens is 5. The standard InChI is InChI=1S/C23H29N7O2S/c1-17-6-2-5-9-19(17)29-22(28-12-14-32-15-13-28)26-27-23(29)33-16-21(31)25-20-10-11-24-30(20)18-7-3-4-8-18/h2,5-6,9-11,18H,3-4,7-8,12-16H2,1H3,(H,25,31). The predicted molar refractivity (Wildman–Crippen MR) is 128 cm³/mol. The van der Waals surface area contributed by atoms with Gasteiger partial charge >= 0.3 is 0 Å². The van der Waals surface area contributed by atoms with E-state index in [1.807, 2.05) is 22.9 Å². The molecule has 2 fully saturated rings. The molecular weight excluding hydrogens is 438 g/mol. The van der Waals surface area contributed by atoms with Crippen LogP contribution in [0.5, 0.6) is 0 Å². The predicted octanol–water partition coefficient (Wildman–Crippen LogP) is 3.45. The molecule has 2 aromatic heterocycles. The zero-order valence-corrected chi connectivity index (χ0v) is 19.6. The van der Waals surface area contributed by atoms with Crippen molar-refractivity contribution in [3.05, 3.63) is 42.1 Å². The van der Waals surface area contributed by atoms with Crippen LogP contribution in [0.15, 0.2) is 41.7 Å². The Kier molecular flexibility index (Phi) is 6.63. The number of para-hydroxylation sites is 1. The molecule has 1 aliphatic carbocycles. The van der Waals surface area contributed by atoms with Crippen LogP contribution in [0.1, 0.15) is 37.3 Å². The third-order valence-electron chi connectivity index (χ3n) is 6.21. The van der Waals surface area contributed by atoms with E-state index >= 15 is 0 Å². The number of carbonyl (C=O) groups excluding carboxylic acids is 1. The second-order valence-electron chi connectivity index (χ2n) is 8.44. The number of nitrogens with zero attached hydrogens (tertiary/aromatic N) is 6. The van der Waals surface area contributed by atoms with Crippen LogP contribution in [0, 0.1) is 6.92 Å². The SMILES string of the molecule is Cc1ccccc1-n1c(SCC(=O)Nc2ccnn2C2CCCC2)nnc1N1CCOCC1. The minimum Gasteiger partial charge on any atom is -0.378 e. The number of morpholine rings is 1. The second-order valence-corrected chi connectivity index (χ2v) is 9.38. The first-order valence-electron chi connectivity index (χ1n) is 11.5. The van der Waals surface area contributed by atoms with Crippen LogP contribution in [0.25, 0.3) is 5.69 Å². The summed E-state index contributed by atoms with van der Waals surface area (Å²) in [6.45, 7) is 4.94. The lowest BCUT2D eigenvalue weighted by Crippen LogP contribution is -2.38. The Morgan fingerprint density at radius 3 is 2.73 bits per heavy atom. The summed E-state index contributed by atoms with van der Waals surface area (Å²) in [5.74, 6) is 1.71. The highest BCUT2D eigenvalue weighted by molar-refractivity contribution is 7.99. The van der Waals surface area contributed by atoms with Crippen LogP contribution in [0.2, 0.25) is 0 Å². The molecule has 0 bridgehead atoms. The van der Waals surface area contributed by atoms with Crippen molar-refractivity contribution in [1.82, 2.24) is 24.5 Å². The van der Waals surface area contributed by atoms with Crippen molar-refractivity contribution in [3.63, 3.8) is 0 Å². The third kappa shape index (κ3) is 4.77. The molecule has 174 valence electrons. The Hall–Kier alpha value is -2.85. The van der Waals surface area contributed by atoms with Crippen molar-refractivity contribution >= 4 is 29.4 Å². The smallest absolute Gasteiger partial charge is 0.235 e. The normalized spacial score (nSPS) is 16.9. The Bertz CT molecular complexity index is 1100. The monoisotopic (exact) mass is 467 g/mol. The van der Waals surface area contributed by atoms with Crippen LogP contribution < -0.4 is 10.2 Å². The molecule has 5 rings (SSSR count). The summed E-state index contributed by atoms with van der Waals surface area (Å²) < 4.78 is 9.53. The van der Waals surface area contributed by atoms with E-state index in [1.165, 1.54) is 24.6 Å². The van der Waals surface area contributed by atoms with Gasteiger partial charge in [0.05, 0.1) is 36.9 Å². The highest BCUT2D eigenvalue weighted by atomic mass is 32.2. The van der Waals surface area contributed by atoms with E-state index < -0.39 is 0 Å². The molecule has 0 unspecified atom stereocenters. The van der Waals surface area contributed by atoms with Gasteiger partial charge in [-0.3, -0.25) is 9.36 Å². The molecule has 1 amide bonds. The zero-order valence-electron chi connectivity index (χ0n) is 18.8. The largest absolute Gasteiger partial charge is 0.378 e. The van der Waals surface area contributed by atoms with Gasteiger partial charge in [0.1, 0.15) is 5.82 Å². The van der Waals surface area contributed by atoms with Gasteiger partial charge in [-0.2, -0.15) is 5.10 Å². The average molecular weight is 468 g/mol. The Morgan fingerprint density at radius 1 is 1.15 bits per heavy atom. The number of carbonyl (C=O) groups is 1. The molecule has 33 heavy (non-hydrogen) atoms. The van der Waals surface area contributed by atoms with Crippen LogP contribution in [-0.2, 0) is 9.53 Å². The maximum Gasteiger partial charge on any atom is 0.235 e. The Balaban J connectivity index is 1.33. The maximum absolute atomic E-state index is 12.8. The van der Waals surface area contributed by atoms with E-state index in [1.54, 1.807) is 6.20 Å². The lowest BCUT2D eigenvalue weighted by Gasteiger charge is -2.28. The fourth-order valence-corrected chi connectivity index (χ4v) is 5.25. The van der Waals surface area contributed by atoms with Gasteiger partial charge in [0, 0.05) is 19.2 Å². The minimum atomic E-state index is -0.0768. The van der Waals surface area contributed by atoms with E-state index in [0.717, 1.165) is 48.9 Å². The van der Waals surface area contributed by atoms with Gasteiger partial charge in [0.2, 0.25) is 11.9 Å². The van der Waals surface area contributed by atoms with Crippen molar-refractivity contribution in [2.24, 2.45) is 0 Å². The first-order chi connectivity index (χ1) is 16.2. The fourth-order valence-electron chi connectivity index (χ4n) is 4.51. The summed E-state index contributed by atoms with van der Waals surface area (Å²) in [5.41, 5.74) is 2.14. The van der Waals surface area contributed by atoms with Crippen LogP contribution in [-0.4, -0.2) is 62.5 Å². The van der Waals surface area contributed by atoms with E-state index in [-0.39, 0.29) is 11.7 Å². The van der Waals surface area contributed by atoms with Crippen molar-refractivity contribution in [2.75, 3.05) is 42.3 Å². The number of hydrogen-bond donors (Lipinski definition) is 1.